The summed E-state index contributed by atoms with van der Waals surface area (Å²) in [5.41, 5.74) is 7.02. The van der Waals surface area contributed by atoms with Gasteiger partial charge in [-0.3, -0.25) is 0 Å². The maximum absolute atomic E-state index is 13.3. The Balaban J connectivity index is 1.85. The third-order valence-corrected chi connectivity index (χ3v) is 2.83. The van der Waals surface area contributed by atoms with Gasteiger partial charge in [0.05, 0.1) is 5.69 Å². The number of rotatable bonds is 4. The van der Waals surface area contributed by atoms with E-state index in [-0.39, 0.29) is 18.3 Å². The molecule has 0 radical (unpaired) electrons. The second-order valence-corrected chi connectivity index (χ2v) is 4.33. The molecule has 0 bridgehead atoms. The van der Waals surface area contributed by atoms with E-state index in [4.69, 9.17) is 5.73 Å². The van der Waals surface area contributed by atoms with Crippen LogP contribution in [0, 0.1) is 5.82 Å². The number of para-hydroxylation sites is 1. The van der Waals surface area contributed by atoms with Crippen molar-refractivity contribution in [3.8, 4) is 0 Å². The highest BCUT2D eigenvalue weighted by Gasteiger charge is 2.09. The normalized spacial score (nSPS) is 11.7. The Morgan fingerprint density at radius 3 is 2.45 bits per heavy atom. The number of carbonyl (C=O) groups is 1. The van der Waals surface area contributed by atoms with Crippen molar-refractivity contribution in [3.63, 3.8) is 0 Å². The quantitative estimate of drug-likeness (QED) is 0.801. The number of anilines is 1. The molecule has 2 aromatic carbocycles. The molecule has 20 heavy (non-hydrogen) atoms. The molecule has 5 heteroatoms. The molecule has 0 saturated carbocycles. The molecule has 0 fully saturated rings. The molecule has 4 nitrogen and oxygen atoms in total. The molecule has 0 aromatic heterocycles. The van der Waals surface area contributed by atoms with Gasteiger partial charge in [-0.1, -0.05) is 42.5 Å². The van der Waals surface area contributed by atoms with Gasteiger partial charge in [-0.05, 0) is 17.7 Å². The van der Waals surface area contributed by atoms with Gasteiger partial charge in [0.25, 0.3) is 0 Å². The fourth-order valence-corrected chi connectivity index (χ4v) is 1.75. The summed E-state index contributed by atoms with van der Waals surface area (Å²) in [6.07, 6.45) is 0. The Morgan fingerprint density at radius 1 is 1.10 bits per heavy atom. The number of hydrogen-bond donors (Lipinski definition) is 3. The molecule has 1 unspecified atom stereocenters. The van der Waals surface area contributed by atoms with Crippen molar-refractivity contribution < 1.29 is 9.18 Å². The number of carbonyl (C=O) groups excluding carboxylic acids is 1. The van der Waals surface area contributed by atoms with Crippen molar-refractivity contribution in [2.75, 3.05) is 11.9 Å². The van der Waals surface area contributed by atoms with Crippen LogP contribution in [0.3, 0.4) is 0 Å². The van der Waals surface area contributed by atoms with E-state index in [1.54, 1.807) is 12.1 Å². The van der Waals surface area contributed by atoms with Crippen molar-refractivity contribution in [1.82, 2.24) is 5.32 Å². The Bertz CT molecular complexity index is 574. The number of halogens is 1. The van der Waals surface area contributed by atoms with Crippen LogP contribution in [0.4, 0.5) is 14.9 Å². The summed E-state index contributed by atoms with van der Waals surface area (Å²) >= 11 is 0. The Hall–Kier alpha value is -2.40. The van der Waals surface area contributed by atoms with E-state index in [9.17, 15) is 9.18 Å². The highest BCUT2D eigenvalue weighted by Crippen LogP contribution is 2.12. The lowest BCUT2D eigenvalue weighted by Gasteiger charge is -2.14. The zero-order chi connectivity index (χ0) is 14.4. The second-order valence-electron chi connectivity index (χ2n) is 4.33. The van der Waals surface area contributed by atoms with Crippen LogP contribution in [-0.2, 0) is 0 Å². The molecule has 0 heterocycles. The monoisotopic (exact) mass is 273 g/mol. The van der Waals surface area contributed by atoms with Crippen LogP contribution in [-0.4, -0.2) is 12.6 Å². The average molecular weight is 273 g/mol. The molecule has 0 aliphatic carbocycles. The van der Waals surface area contributed by atoms with Gasteiger partial charge in [-0.25, -0.2) is 9.18 Å². The van der Waals surface area contributed by atoms with Crippen LogP contribution in [0.5, 0.6) is 0 Å². The molecular formula is C15H16FN3O. The van der Waals surface area contributed by atoms with Gasteiger partial charge in [0.1, 0.15) is 5.82 Å². The highest BCUT2D eigenvalue weighted by atomic mass is 19.1. The molecule has 2 rings (SSSR count). The lowest BCUT2D eigenvalue weighted by Crippen LogP contribution is -2.35. The molecule has 4 N–H and O–H groups in total. The first-order chi connectivity index (χ1) is 9.66. The van der Waals surface area contributed by atoms with E-state index in [1.165, 1.54) is 12.1 Å². The highest BCUT2D eigenvalue weighted by molar-refractivity contribution is 5.89. The summed E-state index contributed by atoms with van der Waals surface area (Å²) in [5, 5.41) is 5.05. The van der Waals surface area contributed by atoms with Gasteiger partial charge >= 0.3 is 6.03 Å². The van der Waals surface area contributed by atoms with E-state index in [0.29, 0.717) is 0 Å². The molecule has 2 amide bonds. The maximum Gasteiger partial charge on any atom is 0.319 e. The van der Waals surface area contributed by atoms with Crippen LogP contribution in [0.15, 0.2) is 54.6 Å². The van der Waals surface area contributed by atoms with Crippen LogP contribution in [0.25, 0.3) is 0 Å². The lowest BCUT2D eigenvalue weighted by molar-refractivity contribution is 0.251. The number of nitrogens with two attached hydrogens (primary N) is 1. The zero-order valence-corrected chi connectivity index (χ0v) is 10.8. The average Bonchev–Trinajstić information content (AvgIpc) is 2.48. The van der Waals surface area contributed by atoms with Crippen molar-refractivity contribution in [2.24, 2.45) is 5.73 Å². The van der Waals surface area contributed by atoms with E-state index in [2.05, 4.69) is 10.6 Å². The zero-order valence-electron chi connectivity index (χ0n) is 10.8. The van der Waals surface area contributed by atoms with Crippen molar-refractivity contribution in [1.29, 1.82) is 0 Å². The summed E-state index contributed by atoms with van der Waals surface area (Å²) in [5.74, 6) is -0.477. The molecule has 1 atom stereocenters. The van der Waals surface area contributed by atoms with Gasteiger partial charge in [0.2, 0.25) is 0 Å². The van der Waals surface area contributed by atoms with Crippen molar-refractivity contribution in [2.45, 2.75) is 6.04 Å². The first-order valence-corrected chi connectivity index (χ1v) is 6.26. The van der Waals surface area contributed by atoms with E-state index < -0.39 is 11.8 Å². The first kappa shape index (κ1) is 14.0. The maximum atomic E-state index is 13.3. The summed E-state index contributed by atoms with van der Waals surface area (Å²) in [4.78, 5) is 11.7. The largest absolute Gasteiger partial charge is 0.336 e. The van der Waals surface area contributed by atoms with Crippen LogP contribution in [0.1, 0.15) is 11.6 Å². The third kappa shape index (κ3) is 3.80. The summed E-state index contributed by atoms with van der Waals surface area (Å²) in [6.45, 7) is 0.268. The van der Waals surface area contributed by atoms with Gasteiger partial charge in [-0.15, -0.1) is 0 Å². The van der Waals surface area contributed by atoms with E-state index >= 15 is 0 Å². The van der Waals surface area contributed by atoms with Gasteiger partial charge in [-0.2, -0.15) is 0 Å². The minimum Gasteiger partial charge on any atom is -0.336 e. The molecule has 0 aliphatic rings. The van der Waals surface area contributed by atoms with Crippen molar-refractivity contribution >= 4 is 11.7 Å². The molecular weight excluding hydrogens is 257 g/mol. The van der Waals surface area contributed by atoms with Gasteiger partial charge < -0.3 is 16.4 Å². The Kier molecular flexibility index (Phi) is 4.68. The summed E-state index contributed by atoms with van der Waals surface area (Å²) in [6, 6.07) is 14.6. The standard InChI is InChI=1S/C15H16FN3O/c16-12-8-4-5-9-14(12)19-15(20)18-10-13(17)11-6-2-1-3-7-11/h1-9,13H,10,17H2,(H2,18,19,20). The number of nitrogens with one attached hydrogen (secondary N) is 2. The van der Waals surface area contributed by atoms with Crippen molar-refractivity contribution in [3.05, 3.63) is 66.0 Å². The summed E-state index contributed by atoms with van der Waals surface area (Å²) < 4.78 is 13.3. The topological polar surface area (TPSA) is 67.1 Å². The van der Waals surface area contributed by atoms with Crippen LogP contribution >= 0.6 is 0 Å². The molecule has 2 aromatic rings. The second kappa shape index (κ2) is 6.68. The fraction of sp³-hybridized carbons (Fsp3) is 0.133. The third-order valence-electron chi connectivity index (χ3n) is 2.83. The molecule has 0 spiro atoms. The van der Waals surface area contributed by atoms with E-state index in [0.717, 1.165) is 5.56 Å². The summed E-state index contributed by atoms with van der Waals surface area (Å²) in [7, 11) is 0. The van der Waals surface area contributed by atoms with Gasteiger partial charge in [0.15, 0.2) is 0 Å². The minimum absolute atomic E-state index is 0.137. The van der Waals surface area contributed by atoms with Gasteiger partial charge in [0, 0.05) is 12.6 Å². The number of hydrogen-bond acceptors (Lipinski definition) is 2. The molecule has 0 aliphatic heterocycles. The fourth-order valence-electron chi connectivity index (χ4n) is 1.75. The molecule has 0 saturated heterocycles. The van der Waals surface area contributed by atoms with Crippen LogP contribution < -0.4 is 16.4 Å². The van der Waals surface area contributed by atoms with E-state index in [1.807, 2.05) is 30.3 Å². The number of urea groups is 1. The number of benzene rings is 2. The Labute approximate surface area is 116 Å². The first-order valence-electron chi connectivity index (χ1n) is 6.26. The molecule has 104 valence electrons. The number of amides is 2. The predicted molar refractivity (Wildman–Crippen MR) is 76.8 cm³/mol. The Morgan fingerprint density at radius 2 is 1.75 bits per heavy atom. The lowest BCUT2D eigenvalue weighted by atomic mass is 10.1. The van der Waals surface area contributed by atoms with Crippen LogP contribution in [0.2, 0.25) is 0 Å². The smallest absolute Gasteiger partial charge is 0.319 e. The SMILES string of the molecule is NC(CNC(=O)Nc1ccccc1F)c1ccccc1. The minimum atomic E-state index is -0.485. The predicted octanol–water partition coefficient (Wildman–Crippen LogP) is 2.65.